The van der Waals surface area contributed by atoms with E-state index in [-0.39, 0.29) is 5.92 Å². The Balaban J connectivity index is 1.74. The van der Waals surface area contributed by atoms with E-state index in [2.05, 4.69) is 29.3 Å². The molecular weight excluding hydrogens is 364 g/mol. The highest BCUT2D eigenvalue weighted by Gasteiger charge is 2.37. The lowest BCUT2D eigenvalue weighted by molar-refractivity contribution is 0.412. The third-order valence-corrected chi connectivity index (χ3v) is 6.09. The summed E-state index contributed by atoms with van der Waals surface area (Å²) in [6, 6.07) is 8.19. The molecule has 0 bridgehead atoms. The Hall–Kier alpha value is -3.02. The second kappa shape index (κ2) is 7.10. The molecule has 3 aromatic rings. The summed E-state index contributed by atoms with van der Waals surface area (Å²) < 4.78 is 11.6. The number of hydrogen-bond acceptors (Lipinski definition) is 5. The molecule has 1 aliphatic heterocycles. The average molecular weight is 390 g/mol. The van der Waals surface area contributed by atoms with Crippen molar-refractivity contribution in [3.05, 3.63) is 57.9 Å². The van der Waals surface area contributed by atoms with Crippen molar-refractivity contribution < 1.29 is 9.47 Å². The smallest absolute Gasteiger partial charge is 0.244 e. The molecule has 150 valence electrons. The molecule has 0 spiro atoms. The number of fused-ring (bicyclic) bond motifs is 3. The van der Waals surface area contributed by atoms with Crippen LogP contribution in [0.5, 0.6) is 17.5 Å². The zero-order valence-electron chi connectivity index (χ0n) is 16.9. The number of anilines is 1. The van der Waals surface area contributed by atoms with Crippen molar-refractivity contribution in [1.82, 2.24) is 15.2 Å². The Kier molecular flexibility index (Phi) is 4.42. The van der Waals surface area contributed by atoms with Crippen LogP contribution in [0.1, 0.15) is 65.7 Å². The number of H-pyrrole nitrogens is 1. The monoisotopic (exact) mass is 390 g/mol. The van der Waals surface area contributed by atoms with Crippen LogP contribution in [0, 0.1) is 0 Å². The first kappa shape index (κ1) is 18.0. The number of aryl methyl sites for hydroxylation is 2. The summed E-state index contributed by atoms with van der Waals surface area (Å²) in [7, 11) is 1.68. The number of pyridine rings is 1. The predicted octanol–water partition coefficient (Wildman–Crippen LogP) is 4.51. The SMILES string of the molecule is CCCc1[nH]nc2c1C(c1ccc(OC)cc1)c1c(nc3c(c1N)CCCC3)O2. The van der Waals surface area contributed by atoms with Crippen molar-refractivity contribution in [3.63, 3.8) is 0 Å². The standard InChI is InChI=1S/C23H26N4O2/c1-3-6-17-19-18(13-9-11-14(28-2)12-10-13)20-21(24)15-7-4-5-8-16(15)25-22(20)29-23(19)27-26-17/h9-12,18H,3-8H2,1-2H3,(H2,24,25)(H,26,27). The first-order valence-corrected chi connectivity index (χ1v) is 10.4. The van der Waals surface area contributed by atoms with E-state index in [1.165, 1.54) is 5.56 Å². The number of nitrogen functional groups attached to an aromatic ring is 1. The molecule has 2 aromatic heterocycles. The molecule has 0 saturated carbocycles. The van der Waals surface area contributed by atoms with Crippen LogP contribution in [0.25, 0.3) is 0 Å². The number of ether oxygens (including phenoxy) is 2. The maximum Gasteiger partial charge on any atom is 0.244 e. The van der Waals surface area contributed by atoms with Gasteiger partial charge in [-0.15, -0.1) is 5.10 Å². The van der Waals surface area contributed by atoms with Gasteiger partial charge in [-0.25, -0.2) is 4.98 Å². The van der Waals surface area contributed by atoms with Gasteiger partial charge in [-0.3, -0.25) is 5.10 Å². The summed E-state index contributed by atoms with van der Waals surface area (Å²) in [4.78, 5) is 4.90. The number of rotatable bonds is 4. The molecule has 3 heterocycles. The second-order valence-electron chi connectivity index (χ2n) is 7.86. The molecule has 5 rings (SSSR count). The van der Waals surface area contributed by atoms with Gasteiger partial charge in [0.1, 0.15) is 5.75 Å². The van der Waals surface area contributed by atoms with Gasteiger partial charge in [-0.1, -0.05) is 25.5 Å². The molecule has 2 aliphatic rings. The number of nitrogens with zero attached hydrogens (tertiary/aromatic N) is 2. The minimum atomic E-state index is -0.0558. The highest BCUT2D eigenvalue weighted by atomic mass is 16.5. The third kappa shape index (κ3) is 2.85. The molecule has 0 radical (unpaired) electrons. The third-order valence-electron chi connectivity index (χ3n) is 6.09. The topological polar surface area (TPSA) is 86.0 Å². The number of aromatic amines is 1. The van der Waals surface area contributed by atoms with Crippen molar-refractivity contribution >= 4 is 5.69 Å². The van der Waals surface area contributed by atoms with Gasteiger partial charge in [0, 0.05) is 28.6 Å². The van der Waals surface area contributed by atoms with Crippen molar-refractivity contribution in [2.24, 2.45) is 0 Å². The van der Waals surface area contributed by atoms with Gasteiger partial charge in [-0.05, 0) is 55.4 Å². The van der Waals surface area contributed by atoms with E-state index in [1.54, 1.807) is 7.11 Å². The molecule has 6 nitrogen and oxygen atoms in total. The number of methoxy groups -OCH3 is 1. The van der Waals surface area contributed by atoms with Crippen LogP contribution in [-0.4, -0.2) is 22.3 Å². The molecule has 0 saturated heterocycles. The molecule has 0 fully saturated rings. The fraction of sp³-hybridized carbons (Fsp3) is 0.391. The Morgan fingerprint density at radius 2 is 1.93 bits per heavy atom. The summed E-state index contributed by atoms with van der Waals surface area (Å²) >= 11 is 0. The highest BCUT2D eigenvalue weighted by molar-refractivity contribution is 5.69. The molecule has 29 heavy (non-hydrogen) atoms. The van der Waals surface area contributed by atoms with Gasteiger partial charge in [0.25, 0.3) is 0 Å². The second-order valence-corrected chi connectivity index (χ2v) is 7.86. The van der Waals surface area contributed by atoms with E-state index < -0.39 is 0 Å². The molecule has 0 amide bonds. The zero-order valence-corrected chi connectivity index (χ0v) is 16.9. The highest BCUT2D eigenvalue weighted by Crippen LogP contribution is 2.51. The largest absolute Gasteiger partial charge is 0.497 e. The van der Waals surface area contributed by atoms with E-state index >= 15 is 0 Å². The average Bonchev–Trinajstić information content (AvgIpc) is 3.15. The lowest BCUT2D eigenvalue weighted by atomic mass is 9.80. The van der Waals surface area contributed by atoms with E-state index in [4.69, 9.17) is 20.2 Å². The number of hydrogen-bond donors (Lipinski definition) is 2. The molecule has 3 N–H and O–H groups in total. The number of nitrogens with one attached hydrogen (secondary N) is 1. The summed E-state index contributed by atoms with van der Waals surface area (Å²) in [5, 5.41) is 7.67. The molecule has 1 aliphatic carbocycles. The van der Waals surface area contributed by atoms with E-state index in [0.717, 1.165) is 78.0 Å². The molecular formula is C23H26N4O2. The van der Waals surface area contributed by atoms with Gasteiger partial charge in [0.15, 0.2) is 0 Å². The van der Waals surface area contributed by atoms with Crippen molar-refractivity contribution in [1.29, 1.82) is 0 Å². The first-order valence-electron chi connectivity index (χ1n) is 10.4. The van der Waals surface area contributed by atoms with Crippen LogP contribution < -0.4 is 15.2 Å². The van der Waals surface area contributed by atoms with Crippen LogP contribution in [0.2, 0.25) is 0 Å². The molecule has 1 atom stereocenters. The van der Waals surface area contributed by atoms with Gasteiger partial charge in [0.2, 0.25) is 11.8 Å². The van der Waals surface area contributed by atoms with Crippen LogP contribution in [0.4, 0.5) is 5.69 Å². The number of benzene rings is 1. The van der Waals surface area contributed by atoms with E-state index in [9.17, 15) is 0 Å². The van der Waals surface area contributed by atoms with E-state index in [1.807, 2.05) is 12.1 Å². The summed E-state index contributed by atoms with van der Waals surface area (Å²) in [6.07, 6.45) is 6.17. The van der Waals surface area contributed by atoms with Gasteiger partial charge >= 0.3 is 0 Å². The van der Waals surface area contributed by atoms with Crippen LogP contribution in [0.15, 0.2) is 24.3 Å². The van der Waals surface area contributed by atoms with Gasteiger partial charge in [0.05, 0.1) is 12.7 Å². The fourth-order valence-electron chi connectivity index (χ4n) is 4.67. The lowest BCUT2D eigenvalue weighted by Gasteiger charge is -2.30. The van der Waals surface area contributed by atoms with Gasteiger partial charge in [-0.2, -0.15) is 0 Å². The summed E-state index contributed by atoms with van der Waals surface area (Å²) in [5.41, 5.74) is 14.2. The maximum atomic E-state index is 6.78. The Morgan fingerprint density at radius 3 is 2.69 bits per heavy atom. The quantitative estimate of drug-likeness (QED) is 0.535. The van der Waals surface area contributed by atoms with Crippen molar-refractivity contribution in [2.75, 3.05) is 12.8 Å². The zero-order chi connectivity index (χ0) is 20.0. The summed E-state index contributed by atoms with van der Waals surface area (Å²) in [5.74, 6) is 1.99. The predicted molar refractivity (Wildman–Crippen MR) is 112 cm³/mol. The van der Waals surface area contributed by atoms with Crippen molar-refractivity contribution in [2.45, 2.75) is 51.4 Å². The Bertz CT molecular complexity index is 1060. The van der Waals surface area contributed by atoms with Gasteiger partial charge < -0.3 is 15.2 Å². The van der Waals surface area contributed by atoms with E-state index in [0.29, 0.717) is 11.8 Å². The normalized spacial score (nSPS) is 17.1. The molecule has 1 unspecified atom stereocenters. The maximum absolute atomic E-state index is 6.78. The summed E-state index contributed by atoms with van der Waals surface area (Å²) in [6.45, 7) is 2.17. The van der Waals surface area contributed by atoms with Crippen LogP contribution >= 0.6 is 0 Å². The minimum Gasteiger partial charge on any atom is -0.497 e. The molecule has 6 heteroatoms. The van der Waals surface area contributed by atoms with Crippen molar-refractivity contribution in [3.8, 4) is 17.5 Å². The van der Waals surface area contributed by atoms with Crippen LogP contribution in [0.3, 0.4) is 0 Å². The minimum absolute atomic E-state index is 0.0558. The number of aromatic nitrogens is 3. The molecule has 1 aromatic carbocycles. The van der Waals surface area contributed by atoms with Crippen LogP contribution in [-0.2, 0) is 19.3 Å². The number of nitrogens with two attached hydrogens (primary N) is 1. The fourth-order valence-corrected chi connectivity index (χ4v) is 4.67. The lowest BCUT2D eigenvalue weighted by Crippen LogP contribution is -2.19. The first-order chi connectivity index (χ1) is 14.2. The Labute approximate surface area is 170 Å². The Morgan fingerprint density at radius 1 is 1.14 bits per heavy atom.